The maximum absolute atomic E-state index is 12.4. The second kappa shape index (κ2) is 8.17. The van der Waals surface area contributed by atoms with Crippen molar-refractivity contribution in [3.05, 3.63) is 29.8 Å². The van der Waals surface area contributed by atoms with Crippen LogP contribution in [0.2, 0.25) is 0 Å². The minimum atomic E-state index is -3.39. The van der Waals surface area contributed by atoms with Gasteiger partial charge < -0.3 is 5.32 Å². The Bertz CT molecular complexity index is 540. The van der Waals surface area contributed by atoms with Crippen LogP contribution in [-0.2, 0) is 16.6 Å². The summed E-state index contributed by atoms with van der Waals surface area (Å²) in [6.45, 7) is 4.15. The number of hydrogen-bond acceptors (Lipinski definition) is 4. The Hall–Kier alpha value is -0.560. The van der Waals surface area contributed by atoms with E-state index in [0.29, 0.717) is 23.9 Å². The number of nitrogens with one attached hydrogen (secondary N) is 2. The van der Waals surface area contributed by atoms with Gasteiger partial charge >= 0.3 is 0 Å². The number of sulfonamides is 1. The second-order valence-corrected chi connectivity index (χ2v) is 8.33. The fraction of sp³-hybridized carbons (Fsp3) is 0.600. The van der Waals surface area contributed by atoms with Gasteiger partial charge in [0, 0.05) is 13.1 Å². The second-order valence-electron chi connectivity index (χ2n) is 5.34. The first-order valence-electron chi connectivity index (χ1n) is 7.49. The molecule has 1 heterocycles. The van der Waals surface area contributed by atoms with E-state index in [2.05, 4.69) is 10.0 Å². The molecule has 0 saturated carbocycles. The van der Waals surface area contributed by atoms with Crippen molar-refractivity contribution >= 4 is 21.8 Å². The van der Waals surface area contributed by atoms with Crippen molar-refractivity contribution < 1.29 is 8.42 Å². The SMILES string of the molecule is CCNCc1cccc(S(=O)(=O)NCC2CCSCC2)c1. The number of benzene rings is 1. The number of hydrogen-bond donors (Lipinski definition) is 2. The van der Waals surface area contributed by atoms with E-state index in [9.17, 15) is 8.42 Å². The summed E-state index contributed by atoms with van der Waals surface area (Å²) >= 11 is 1.95. The molecule has 4 nitrogen and oxygen atoms in total. The van der Waals surface area contributed by atoms with E-state index < -0.39 is 10.0 Å². The molecule has 0 spiro atoms. The standard InChI is InChI=1S/C15H24N2O2S2/c1-2-16-11-14-4-3-5-15(10-14)21(18,19)17-12-13-6-8-20-9-7-13/h3-5,10,13,16-17H,2,6-9,11-12H2,1H3. The summed E-state index contributed by atoms with van der Waals surface area (Å²) in [5.41, 5.74) is 0.994. The zero-order valence-electron chi connectivity index (χ0n) is 12.5. The molecule has 0 aromatic heterocycles. The van der Waals surface area contributed by atoms with Crippen LogP contribution in [0.5, 0.6) is 0 Å². The third-order valence-corrected chi connectivity index (χ3v) is 6.16. The highest BCUT2D eigenvalue weighted by Crippen LogP contribution is 2.22. The van der Waals surface area contributed by atoms with Gasteiger partial charge in [-0.3, -0.25) is 0 Å². The minimum absolute atomic E-state index is 0.364. The summed E-state index contributed by atoms with van der Waals surface area (Å²) < 4.78 is 27.5. The molecule has 21 heavy (non-hydrogen) atoms. The Balaban J connectivity index is 1.97. The fourth-order valence-corrected chi connectivity index (χ4v) is 4.74. The molecule has 2 N–H and O–H groups in total. The van der Waals surface area contributed by atoms with E-state index in [1.165, 1.54) is 0 Å². The van der Waals surface area contributed by atoms with E-state index in [-0.39, 0.29) is 0 Å². The van der Waals surface area contributed by atoms with E-state index in [0.717, 1.165) is 36.5 Å². The number of rotatable bonds is 7. The van der Waals surface area contributed by atoms with Crippen molar-refractivity contribution in [3.63, 3.8) is 0 Å². The van der Waals surface area contributed by atoms with E-state index in [4.69, 9.17) is 0 Å². The maximum Gasteiger partial charge on any atom is 0.240 e. The fourth-order valence-electron chi connectivity index (χ4n) is 2.35. The first-order valence-corrected chi connectivity index (χ1v) is 10.1. The molecule has 1 aliphatic heterocycles. The topological polar surface area (TPSA) is 58.2 Å². The molecule has 1 fully saturated rings. The third-order valence-electron chi connectivity index (χ3n) is 3.69. The normalized spacial score (nSPS) is 17.0. The van der Waals surface area contributed by atoms with Crippen molar-refractivity contribution in [1.29, 1.82) is 0 Å². The van der Waals surface area contributed by atoms with Crippen LogP contribution < -0.4 is 10.0 Å². The molecular formula is C15H24N2O2S2. The van der Waals surface area contributed by atoms with Gasteiger partial charge in [0.05, 0.1) is 4.90 Å². The average Bonchev–Trinajstić information content (AvgIpc) is 2.52. The van der Waals surface area contributed by atoms with Gasteiger partial charge in [-0.05, 0) is 54.5 Å². The smallest absolute Gasteiger partial charge is 0.240 e. The predicted octanol–water partition coefficient (Wildman–Crippen LogP) is 2.22. The minimum Gasteiger partial charge on any atom is -0.313 e. The zero-order valence-corrected chi connectivity index (χ0v) is 14.1. The highest BCUT2D eigenvalue weighted by atomic mass is 32.2. The largest absolute Gasteiger partial charge is 0.313 e. The molecule has 1 aromatic carbocycles. The van der Waals surface area contributed by atoms with E-state index in [1.54, 1.807) is 18.2 Å². The summed E-state index contributed by atoms with van der Waals surface area (Å²) in [7, 11) is -3.39. The quantitative estimate of drug-likeness (QED) is 0.806. The molecule has 118 valence electrons. The Morgan fingerprint density at radius 2 is 2.05 bits per heavy atom. The summed E-state index contributed by atoms with van der Waals surface area (Å²) in [4.78, 5) is 0.364. The molecule has 0 aliphatic carbocycles. The molecule has 0 unspecified atom stereocenters. The van der Waals surface area contributed by atoms with Gasteiger partial charge in [0.15, 0.2) is 0 Å². The first-order chi connectivity index (χ1) is 10.1. The maximum atomic E-state index is 12.4. The van der Waals surface area contributed by atoms with Crippen LogP contribution in [0.4, 0.5) is 0 Å². The van der Waals surface area contributed by atoms with Crippen LogP contribution in [0.15, 0.2) is 29.2 Å². The first kappa shape index (κ1) is 16.8. The molecule has 2 rings (SSSR count). The third kappa shape index (κ3) is 5.29. The zero-order chi connectivity index (χ0) is 15.1. The summed E-state index contributed by atoms with van der Waals surface area (Å²) in [6.07, 6.45) is 2.21. The van der Waals surface area contributed by atoms with Crippen LogP contribution in [-0.4, -0.2) is 33.0 Å². The van der Waals surface area contributed by atoms with Crippen molar-refractivity contribution in [2.45, 2.75) is 31.2 Å². The van der Waals surface area contributed by atoms with Gasteiger partial charge in [-0.15, -0.1) is 0 Å². The predicted molar refractivity (Wildman–Crippen MR) is 89.1 cm³/mol. The molecule has 0 radical (unpaired) electrons. The molecule has 0 bridgehead atoms. The Labute approximate surface area is 132 Å². The van der Waals surface area contributed by atoms with Crippen molar-refractivity contribution in [3.8, 4) is 0 Å². The lowest BCUT2D eigenvalue weighted by Crippen LogP contribution is -2.31. The van der Waals surface area contributed by atoms with Crippen LogP contribution >= 0.6 is 11.8 Å². The summed E-state index contributed by atoms with van der Waals surface area (Å²) in [5, 5.41) is 3.21. The molecule has 1 aliphatic rings. The molecule has 1 aromatic rings. The van der Waals surface area contributed by atoms with Crippen LogP contribution in [0.25, 0.3) is 0 Å². The molecular weight excluding hydrogens is 304 g/mol. The van der Waals surface area contributed by atoms with Crippen molar-refractivity contribution in [2.24, 2.45) is 5.92 Å². The van der Waals surface area contributed by atoms with Gasteiger partial charge in [-0.25, -0.2) is 13.1 Å². The van der Waals surface area contributed by atoms with Crippen LogP contribution in [0.3, 0.4) is 0 Å². The summed E-state index contributed by atoms with van der Waals surface area (Å²) in [5.74, 6) is 2.76. The molecule has 0 amide bonds. The Kier molecular flexibility index (Phi) is 6.54. The summed E-state index contributed by atoms with van der Waals surface area (Å²) in [6, 6.07) is 7.16. The van der Waals surface area contributed by atoms with Gasteiger partial charge in [0.2, 0.25) is 10.0 Å². The Morgan fingerprint density at radius 1 is 1.29 bits per heavy atom. The Morgan fingerprint density at radius 3 is 2.76 bits per heavy atom. The van der Waals surface area contributed by atoms with Crippen molar-refractivity contribution in [2.75, 3.05) is 24.6 Å². The van der Waals surface area contributed by atoms with Gasteiger partial charge in [-0.1, -0.05) is 19.1 Å². The van der Waals surface area contributed by atoms with Crippen LogP contribution in [0.1, 0.15) is 25.3 Å². The van der Waals surface area contributed by atoms with Gasteiger partial charge in [0.1, 0.15) is 0 Å². The monoisotopic (exact) mass is 328 g/mol. The average molecular weight is 329 g/mol. The highest BCUT2D eigenvalue weighted by Gasteiger charge is 2.19. The van der Waals surface area contributed by atoms with Crippen LogP contribution in [0, 0.1) is 5.92 Å². The lowest BCUT2D eigenvalue weighted by Gasteiger charge is -2.21. The molecule has 1 saturated heterocycles. The lowest BCUT2D eigenvalue weighted by atomic mass is 10.0. The van der Waals surface area contributed by atoms with Gasteiger partial charge in [-0.2, -0.15) is 11.8 Å². The van der Waals surface area contributed by atoms with E-state index in [1.807, 2.05) is 24.8 Å². The lowest BCUT2D eigenvalue weighted by molar-refractivity contribution is 0.476. The van der Waals surface area contributed by atoms with Gasteiger partial charge in [0.25, 0.3) is 0 Å². The van der Waals surface area contributed by atoms with Crippen molar-refractivity contribution in [1.82, 2.24) is 10.0 Å². The number of thioether (sulfide) groups is 1. The highest BCUT2D eigenvalue weighted by molar-refractivity contribution is 7.99. The molecule has 0 atom stereocenters. The molecule has 6 heteroatoms. The van der Waals surface area contributed by atoms with E-state index >= 15 is 0 Å².